The lowest BCUT2D eigenvalue weighted by Crippen LogP contribution is -2.60. The number of benzene rings is 1. The van der Waals surface area contributed by atoms with E-state index in [9.17, 15) is 4.79 Å². The van der Waals surface area contributed by atoms with Gasteiger partial charge in [-0.25, -0.2) is 0 Å². The minimum atomic E-state index is -0.576. The second-order valence-corrected chi connectivity index (χ2v) is 7.43. The minimum absolute atomic E-state index is 0.0158. The first-order valence-electron chi connectivity index (χ1n) is 9.14. The van der Waals surface area contributed by atoms with Crippen molar-refractivity contribution >= 4 is 16.8 Å². The van der Waals surface area contributed by atoms with E-state index in [-0.39, 0.29) is 11.9 Å². The first kappa shape index (κ1) is 18.8. The molecule has 2 aromatic rings. The Hall–Kier alpha value is -1.96. The average molecular weight is 359 g/mol. The third-order valence-electron chi connectivity index (χ3n) is 5.07. The molecule has 1 saturated heterocycles. The van der Waals surface area contributed by atoms with E-state index in [0.717, 1.165) is 41.8 Å². The predicted octanol–water partition coefficient (Wildman–Crippen LogP) is 1.14. The number of rotatable bonds is 6. The minimum Gasteiger partial charge on any atom is -0.383 e. The number of aromatic amines is 1. The monoisotopic (exact) mass is 359 g/mol. The van der Waals surface area contributed by atoms with Gasteiger partial charge in [0.1, 0.15) is 6.04 Å². The van der Waals surface area contributed by atoms with Crippen molar-refractivity contribution in [1.29, 1.82) is 0 Å². The number of ether oxygens (including phenoxy) is 1. The summed E-state index contributed by atoms with van der Waals surface area (Å²) in [4.78, 5) is 15.2. The molecule has 1 aromatic heterocycles. The SMILES string of the molecule is COCCN1CCNC[C@H]1C(=O)NC(C)(C)c1n[nH]c2c(C)cccc12. The lowest BCUT2D eigenvalue weighted by Gasteiger charge is -2.37. The summed E-state index contributed by atoms with van der Waals surface area (Å²) in [6, 6.07) is 5.91. The number of carbonyl (C=O) groups is 1. The summed E-state index contributed by atoms with van der Waals surface area (Å²) >= 11 is 0. The Morgan fingerprint density at radius 2 is 2.27 bits per heavy atom. The highest BCUT2D eigenvalue weighted by Crippen LogP contribution is 2.28. The molecule has 1 aliphatic rings. The Balaban J connectivity index is 1.79. The molecule has 1 aromatic carbocycles. The van der Waals surface area contributed by atoms with Gasteiger partial charge in [0, 0.05) is 38.7 Å². The third-order valence-corrected chi connectivity index (χ3v) is 5.07. The molecule has 1 fully saturated rings. The van der Waals surface area contributed by atoms with E-state index in [1.807, 2.05) is 26.0 Å². The molecule has 1 amide bonds. The highest BCUT2D eigenvalue weighted by molar-refractivity contribution is 5.87. The van der Waals surface area contributed by atoms with Gasteiger partial charge < -0.3 is 15.4 Å². The Labute approximate surface area is 154 Å². The number of nitrogens with zero attached hydrogens (tertiary/aromatic N) is 2. The summed E-state index contributed by atoms with van der Waals surface area (Å²) in [7, 11) is 1.69. The molecule has 7 heteroatoms. The molecule has 3 rings (SSSR count). The molecular weight excluding hydrogens is 330 g/mol. The first-order valence-corrected chi connectivity index (χ1v) is 9.14. The molecule has 2 heterocycles. The normalized spacial score (nSPS) is 19.0. The van der Waals surface area contributed by atoms with Crippen molar-refractivity contribution in [3.63, 3.8) is 0 Å². The molecule has 7 nitrogen and oxygen atoms in total. The third kappa shape index (κ3) is 3.75. The molecule has 0 spiro atoms. The summed E-state index contributed by atoms with van der Waals surface area (Å²) in [6.07, 6.45) is 0. The summed E-state index contributed by atoms with van der Waals surface area (Å²) in [5.41, 5.74) is 2.45. The molecule has 0 bridgehead atoms. The number of aryl methyl sites for hydroxylation is 1. The van der Waals surface area contributed by atoms with Gasteiger partial charge in [0.05, 0.1) is 23.4 Å². The van der Waals surface area contributed by atoms with E-state index in [2.05, 4.69) is 38.7 Å². The standard InChI is InChI=1S/C19H29N5O2/c1-13-6-5-7-14-16(13)22-23-17(14)19(2,3)21-18(25)15-12-20-8-9-24(15)10-11-26-4/h5-7,15,20H,8-12H2,1-4H3,(H,21,25)(H,22,23)/t15-/m0/s1. The fourth-order valence-corrected chi connectivity index (χ4v) is 3.59. The number of nitrogens with one attached hydrogen (secondary N) is 3. The van der Waals surface area contributed by atoms with E-state index in [1.54, 1.807) is 7.11 Å². The number of aromatic nitrogens is 2. The fraction of sp³-hybridized carbons (Fsp3) is 0.579. The molecule has 3 N–H and O–H groups in total. The lowest BCUT2D eigenvalue weighted by molar-refractivity contribution is -0.129. The van der Waals surface area contributed by atoms with Crippen LogP contribution in [-0.2, 0) is 15.1 Å². The van der Waals surface area contributed by atoms with Gasteiger partial charge in [0.15, 0.2) is 0 Å². The number of hydrogen-bond donors (Lipinski definition) is 3. The second-order valence-electron chi connectivity index (χ2n) is 7.43. The molecule has 26 heavy (non-hydrogen) atoms. The van der Waals surface area contributed by atoms with Crippen LogP contribution in [0.4, 0.5) is 0 Å². The summed E-state index contributed by atoms with van der Waals surface area (Å²) in [6.45, 7) is 9.80. The van der Waals surface area contributed by atoms with Gasteiger partial charge in [0.25, 0.3) is 0 Å². The van der Waals surface area contributed by atoms with Gasteiger partial charge in [-0.2, -0.15) is 5.10 Å². The number of amides is 1. The van der Waals surface area contributed by atoms with Crippen molar-refractivity contribution in [2.45, 2.75) is 32.4 Å². The average Bonchev–Trinajstić information content (AvgIpc) is 3.06. The maximum absolute atomic E-state index is 13.0. The van der Waals surface area contributed by atoms with Crippen molar-refractivity contribution in [2.24, 2.45) is 0 Å². The Kier molecular flexibility index (Phi) is 5.60. The van der Waals surface area contributed by atoms with E-state index in [1.165, 1.54) is 0 Å². The predicted molar refractivity (Wildman–Crippen MR) is 102 cm³/mol. The summed E-state index contributed by atoms with van der Waals surface area (Å²) in [5.74, 6) is 0.0158. The number of piperazine rings is 1. The van der Waals surface area contributed by atoms with Crippen LogP contribution in [0.2, 0.25) is 0 Å². The van der Waals surface area contributed by atoms with Gasteiger partial charge in [-0.1, -0.05) is 18.2 Å². The first-order chi connectivity index (χ1) is 12.4. The Bertz CT molecular complexity index is 770. The molecule has 0 unspecified atom stereocenters. The van der Waals surface area contributed by atoms with Crippen LogP contribution in [0.15, 0.2) is 18.2 Å². The topological polar surface area (TPSA) is 82.3 Å². The van der Waals surface area contributed by atoms with E-state index in [0.29, 0.717) is 13.2 Å². The number of hydrogen-bond acceptors (Lipinski definition) is 5. The van der Waals surface area contributed by atoms with E-state index < -0.39 is 5.54 Å². The largest absolute Gasteiger partial charge is 0.383 e. The van der Waals surface area contributed by atoms with Crippen LogP contribution in [-0.4, -0.2) is 66.9 Å². The van der Waals surface area contributed by atoms with Gasteiger partial charge in [-0.15, -0.1) is 0 Å². The number of methoxy groups -OCH3 is 1. The molecule has 0 saturated carbocycles. The number of fused-ring (bicyclic) bond motifs is 1. The molecular formula is C19H29N5O2. The smallest absolute Gasteiger partial charge is 0.239 e. The molecule has 142 valence electrons. The van der Waals surface area contributed by atoms with Gasteiger partial charge in [-0.3, -0.25) is 14.8 Å². The number of carbonyl (C=O) groups excluding carboxylic acids is 1. The van der Waals surface area contributed by atoms with Gasteiger partial charge in [0.2, 0.25) is 5.91 Å². The van der Waals surface area contributed by atoms with Crippen LogP contribution in [0.25, 0.3) is 10.9 Å². The summed E-state index contributed by atoms with van der Waals surface area (Å²) in [5, 5.41) is 15.2. The second kappa shape index (κ2) is 7.73. The Morgan fingerprint density at radius 3 is 3.04 bits per heavy atom. The zero-order chi connectivity index (χ0) is 18.7. The van der Waals surface area contributed by atoms with Crippen molar-refractivity contribution in [3.8, 4) is 0 Å². The highest BCUT2D eigenvalue weighted by Gasteiger charge is 2.34. The van der Waals surface area contributed by atoms with Crippen LogP contribution < -0.4 is 10.6 Å². The number of para-hydroxylation sites is 1. The highest BCUT2D eigenvalue weighted by atomic mass is 16.5. The van der Waals surface area contributed by atoms with E-state index in [4.69, 9.17) is 4.74 Å². The molecule has 0 radical (unpaired) electrons. The van der Waals surface area contributed by atoms with Crippen molar-refractivity contribution < 1.29 is 9.53 Å². The summed E-state index contributed by atoms with van der Waals surface area (Å²) < 4.78 is 5.18. The van der Waals surface area contributed by atoms with Crippen molar-refractivity contribution in [2.75, 3.05) is 39.9 Å². The number of H-pyrrole nitrogens is 1. The lowest BCUT2D eigenvalue weighted by atomic mass is 9.95. The van der Waals surface area contributed by atoms with Crippen molar-refractivity contribution in [3.05, 3.63) is 29.5 Å². The van der Waals surface area contributed by atoms with Crippen molar-refractivity contribution in [1.82, 2.24) is 25.7 Å². The molecule has 1 atom stereocenters. The maximum Gasteiger partial charge on any atom is 0.239 e. The zero-order valence-corrected chi connectivity index (χ0v) is 16.1. The molecule has 1 aliphatic heterocycles. The quantitative estimate of drug-likeness (QED) is 0.721. The van der Waals surface area contributed by atoms with Crippen LogP contribution in [0.5, 0.6) is 0 Å². The van der Waals surface area contributed by atoms with Crippen LogP contribution in [0.3, 0.4) is 0 Å². The Morgan fingerprint density at radius 1 is 1.46 bits per heavy atom. The van der Waals surface area contributed by atoms with Crippen LogP contribution >= 0.6 is 0 Å². The molecule has 0 aliphatic carbocycles. The van der Waals surface area contributed by atoms with E-state index >= 15 is 0 Å². The van der Waals surface area contributed by atoms with Gasteiger partial charge in [-0.05, 0) is 26.3 Å². The van der Waals surface area contributed by atoms with Crippen LogP contribution in [0, 0.1) is 6.92 Å². The maximum atomic E-state index is 13.0. The zero-order valence-electron chi connectivity index (χ0n) is 16.1. The fourth-order valence-electron chi connectivity index (χ4n) is 3.59. The van der Waals surface area contributed by atoms with Crippen LogP contribution in [0.1, 0.15) is 25.1 Å². The van der Waals surface area contributed by atoms with Gasteiger partial charge >= 0.3 is 0 Å².